The van der Waals surface area contributed by atoms with Crippen molar-refractivity contribution >= 4 is 44.8 Å². The molecule has 0 fully saturated rings. The molecule has 4 rings (SSSR count). The van der Waals surface area contributed by atoms with E-state index in [9.17, 15) is 5.11 Å². The van der Waals surface area contributed by atoms with Crippen LogP contribution in [0.4, 0.5) is 10.8 Å². The van der Waals surface area contributed by atoms with E-state index in [4.69, 9.17) is 0 Å². The molecule has 0 aliphatic heterocycles. The van der Waals surface area contributed by atoms with Gasteiger partial charge in [-0.1, -0.05) is 59.5 Å². The number of aromatic nitrogens is 3. The van der Waals surface area contributed by atoms with Crippen LogP contribution in [-0.2, 0) is 6.54 Å². The molecule has 0 saturated heterocycles. The second-order valence-electron chi connectivity index (χ2n) is 6.30. The van der Waals surface area contributed by atoms with Crippen LogP contribution in [0.1, 0.15) is 5.56 Å². The van der Waals surface area contributed by atoms with Gasteiger partial charge in [0.1, 0.15) is 0 Å². The molecule has 28 heavy (non-hydrogen) atoms. The van der Waals surface area contributed by atoms with Crippen LogP contribution in [0, 0.1) is 0 Å². The number of nitrogens with one attached hydrogen (secondary N) is 3. The Morgan fingerprint density at radius 3 is 2.75 bits per heavy atom. The minimum atomic E-state index is -0.461. The molecular weight excluding hydrogens is 390 g/mol. The highest BCUT2D eigenvalue weighted by Crippen LogP contribution is 2.27. The number of para-hydroxylation sites is 2. The Labute approximate surface area is 171 Å². The molecule has 4 N–H and O–H groups in total. The molecule has 2 aromatic carbocycles. The number of thioether (sulfide) groups is 1. The fraction of sp³-hybridized carbons (Fsp3) is 0.200. The first-order valence-electron chi connectivity index (χ1n) is 9.00. The largest absolute Gasteiger partial charge is 0.390 e. The van der Waals surface area contributed by atoms with Crippen LogP contribution in [0.2, 0.25) is 0 Å². The molecule has 6 nitrogen and oxygen atoms in total. The molecule has 1 unspecified atom stereocenters. The highest BCUT2D eigenvalue weighted by molar-refractivity contribution is 8.01. The molecule has 0 aliphatic rings. The standard InChI is InChI=1S/C20H21N5OS2/c26-16(12-21-15-6-2-1-3-7-15)13-27-20-25-24-19(28-20)23-11-14-10-22-18-9-5-4-8-17(14)18/h1-10,16,21-22,26H,11-13H2,(H,23,24). The fourth-order valence-electron chi connectivity index (χ4n) is 2.81. The molecule has 0 amide bonds. The second-order valence-corrected chi connectivity index (χ2v) is 8.54. The van der Waals surface area contributed by atoms with Gasteiger partial charge >= 0.3 is 0 Å². The van der Waals surface area contributed by atoms with Crippen LogP contribution < -0.4 is 10.6 Å². The van der Waals surface area contributed by atoms with E-state index in [-0.39, 0.29) is 0 Å². The van der Waals surface area contributed by atoms with Crippen molar-refractivity contribution in [3.63, 3.8) is 0 Å². The summed E-state index contributed by atoms with van der Waals surface area (Å²) in [6.45, 7) is 1.19. The molecule has 2 aromatic heterocycles. The lowest BCUT2D eigenvalue weighted by Crippen LogP contribution is -2.21. The molecule has 0 bridgehead atoms. The number of hydrogen-bond donors (Lipinski definition) is 4. The zero-order chi connectivity index (χ0) is 19.2. The van der Waals surface area contributed by atoms with Gasteiger partial charge in [-0.05, 0) is 23.8 Å². The molecular formula is C20H21N5OS2. The third-order valence-corrected chi connectivity index (χ3v) is 6.39. The average molecular weight is 412 g/mol. The first-order valence-corrected chi connectivity index (χ1v) is 10.8. The Bertz CT molecular complexity index is 1020. The van der Waals surface area contributed by atoms with Crippen molar-refractivity contribution in [1.82, 2.24) is 15.2 Å². The quantitative estimate of drug-likeness (QED) is 0.309. The Morgan fingerprint density at radius 2 is 1.86 bits per heavy atom. The summed E-state index contributed by atoms with van der Waals surface area (Å²) in [5.41, 5.74) is 3.33. The predicted octanol–water partition coefficient (Wildman–Crippen LogP) is 4.20. The van der Waals surface area contributed by atoms with Crippen molar-refractivity contribution in [1.29, 1.82) is 0 Å². The van der Waals surface area contributed by atoms with E-state index in [0.717, 1.165) is 20.7 Å². The minimum absolute atomic E-state index is 0.461. The topological polar surface area (TPSA) is 85.9 Å². The number of anilines is 2. The maximum absolute atomic E-state index is 10.2. The number of nitrogens with zero attached hydrogens (tertiary/aromatic N) is 2. The van der Waals surface area contributed by atoms with E-state index >= 15 is 0 Å². The highest BCUT2D eigenvalue weighted by atomic mass is 32.2. The first-order chi connectivity index (χ1) is 13.8. The summed E-state index contributed by atoms with van der Waals surface area (Å²) >= 11 is 3.02. The smallest absolute Gasteiger partial charge is 0.206 e. The predicted molar refractivity (Wildman–Crippen MR) is 117 cm³/mol. The normalized spacial score (nSPS) is 12.2. The van der Waals surface area contributed by atoms with Gasteiger partial charge in [0.05, 0.1) is 6.10 Å². The zero-order valence-corrected chi connectivity index (χ0v) is 16.8. The SMILES string of the molecule is OC(CNc1ccccc1)CSc1nnc(NCc2c[nH]c3ccccc23)s1. The molecule has 2 heterocycles. The van der Waals surface area contributed by atoms with Crippen LogP contribution >= 0.6 is 23.1 Å². The molecule has 0 aliphatic carbocycles. The van der Waals surface area contributed by atoms with Gasteiger partial charge in [-0.25, -0.2) is 0 Å². The lowest BCUT2D eigenvalue weighted by molar-refractivity contribution is 0.213. The maximum atomic E-state index is 10.2. The van der Waals surface area contributed by atoms with E-state index in [0.29, 0.717) is 18.8 Å². The van der Waals surface area contributed by atoms with E-state index in [1.54, 1.807) is 0 Å². The number of aromatic amines is 1. The van der Waals surface area contributed by atoms with Crippen LogP contribution in [0.25, 0.3) is 10.9 Å². The van der Waals surface area contributed by atoms with Crippen LogP contribution in [0.15, 0.2) is 65.1 Å². The average Bonchev–Trinajstić information content (AvgIpc) is 3.37. The van der Waals surface area contributed by atoms with Crippen LogP contribution in [0.3, 0.4) is 0 Å². The van der Waals surface area contributed by atoms with Gasteiger partial charge in [0, 0.05) is 41.6 Å². The lowest BCUT2D eigenvalue weighted by Gasteiger charge is -2.11. The van der Waals surface area contributed by atoms with Crippen molar-refractivity contribution in [2.75, 3.05) is 22.9 Å². The van der Waals surface area contributed by atoms with Gasteiger partial charge in [0.2, 0.25) is 5.13 Å². The summed E-state index contributed by atoms with van der Waals surface area (Å²) in [6.07, 6.45) is 1.56. The summed E-state index contributed by atoms with van der Waals surface area (Å²) in [7, 11) is 0. The Morgan fingerprint density at radius 1 is 1.04 bits per heavy atom. The monoisotopic (exact) mass is 411 g/mol. The van der Waals surface area contributed by atoms with Crippen LogP contribution in [-0.4, -0.2) is 38.7 Å². The van der Waals surface area contributed by atoms with E-state index in [2.05, 4.69) is 37.9 Å². The molecule has 8 heteroatoms. The molecule has 0 spiro atoms. The molecule has 144 valence electrons. The maximum Gasteiger partial charge on any atom is 0.206 e. The van der Waals surface area contributed by atoms with Gasteiger partial charge in [-0.2, -0.15) is 0 Å². The molecule has 0 radical (unpaired) electrons. The number of fused-ring (bicyclic) bond motifs is 1. The van der Waals surface area contributed by atoms with Gasteiger partial charge in [-0.3, -0.25) is 0 Å². The summed E-state index contributed by atoms with van der Waals surface area (Å²) in [6, 6.07) is 18.1. The van der Waals surface area contributed by atoms with Gasteiger partial charge in [0.25, 0.3) is 0 Å². The number of aliphatic hydroxyl groups excluding tert-OH is 1. The summed E-state index contributed by atoms with van der Waals surface area (Å²) in [5, 5.41) is 27.1. The van der Waals surface area contributed by atoms with Crippen molar-refractivity contribution < 1.29 is 5.11 Å². The minimum Gasteiger partial charge on any atom is -0.390 e. The summed E-state index contributed by atoms with van der Waals surface area (Å²) in [4.78, 5) is 3.28. The lowest BCUT2D eigenvalue weighted by atomic mass is 10.2. The number of hydrogen-bond acceptors (Lipinski definition) is 7. The number of H-pyrrole nitrogens is 1. The zero-order valence-electron chi connectivity index (χ0n) is 15.1. The summed E-state index contributed by atoms with van der Waals surface area (Å²) in [5.74, 6) is 0.566. The first kappa shape index (κ1) is 18.8. The second kappa shape index (κ2) is 9.09. The number of aliphatic hydroxyl groups is 1. The van der Waals surface area contributed by atoms with Gasteiger partial charge < -0.3 is 20.7 Å². The van der Waals surface area contributed by atoms with Crippen molar-refractivity contribution in [3.8, 4) is 0 Å². The Kier molecular flexibility index (Phi) is 6.11. The van der Waals surface area contributed by atoms with E-state index in [1.807, 2.05) is 48.7 Å². The summed E-state index contributed by atoms with van der Waals surface area (Å²) < 4.78 is 0.847. The van der Waals surface area contributed by atoms with Crippen molar-refractivity contribution in [2.24, 2.45) is 0 Å². The number of benzene rings is 2. The number of rotatable bonds is 9. The van der Waals surface area contributed by atoms with Crippen molar-refractivity contribution in [3.05, 3.63) is 66.4 Å². The fourth-order valence-corrected chi connectivity index (χ4v) is 4.51. The third kappa shape index (κ3) is 4.83. The van der Waals surface area contributed by atoms with E-state index < -0.39 is 6.10 Å². The molecule has 0 saturated carbocycles. The molecule has 1 atom stereocenters. The van der Waals surface area contributed by atoms with Gasteiger partial charge in [0.15, 0.2) is 4.34 Å². The molecule has 4 aromatic rings. The Hall–Kier alpha value is -2.55. The van der Waals surface area contributed by atoms with Crippen LogP contribution in [0.5, 0.6) is 0 Å². The highest BCUT2D eigenvalue weighted by Gasteiger charge is 2.10. The van der Waals surface area contributed by atoms with E-state index in [1.165, 1.54) is 34.0 Å². The third-order valence-electron chi connectivity index (χ3n) is 4.23. The van der Waals surface area contributed by atoms with Crippen molar-refractivity contribution in [2.45, 2.75) is 17.0 Å². The Balaban J connectivity index is 1.24. The van der Waals surface area contributed by atoms with Gasteiger partial charge in [-0.15, -0.1) is 10.2 Å².